The monoisotopic (exact) mass is 651 g/mol. The van der Waals surface area contributed by atoms with Gasteiger partial charge >= 0.3 is 11.9 Å². The lowest BCUT2D eigenvalue weighted by atomic mass is 9.92. The third kappa shape index (κ3) is 7.68. The molecule has 1 aliphatic heterocycles. The minimum Gasteiger partial charge on any atom is -0.461 e. The Morgan fingerprint density at radius 3 is 2.31 bits per heavy atom. The SMILES string of the molecule is CCCCc1c(-c2ccc(C(=O)OC(C)(C)C)cc2C(=O)N2CCc3ccccc3C2)c(C(=O)OCC)nn1-c1ccc(CCO)cc1. The van der Waals surface area contributed by atoms with Crippen molar-refractivity contribution >= 4 is 17.8 Å². The first kappa shape index (κ1) is 34.6. The summed E-state index contributed by atoms with van der Waals surface area (Å²) in [5, 5.41) is 14.2. The van der Waals surface area contributed by atoms with Crippen molar-refractivity contribution in [2.45, 2.75) is 78.9 Å². The molecule has 0 saturated carbocycles. The van der Waals surface area contributed by atoms with Crippen molar-refractivity contribution in [3.8, 4) is 16.8 Å². The Kier molecular flexibility index (Phi) is 10.8. The quantitative estimate of drug-likeness (QED) is 0.179. The van der Waals surface area contributed by atoms with Gasteiger partial charge in [0.05, 0.1) is 23.6 Å². The van der Waals surface area contributed by atoms with Crippen LogP contribution < -0.4 is 0 Å². The summed E-state index contributed by atoms with van der Waals surface area (Å²) < 4.78 is 13.0. The van der Waals surface area contributed by atoms with Crippen molar-refractivity contribution in [3.63, 3.8) is 0 Å². The molecule has 1 aliphatic rings. The number of amides is 1. The van der Waals surface area contributed by atoms with E-state index in [1.54, 1.807) is 55.5 Å². The molecule has 0 radical (unpaired) electrons. The highest BCUT2D eigenvalue weighted by atomic mass is 16.6. The van der Waals surface area contributed by atoms with E-state index in [1.165, 1.54) is 5.56 Å². The molecule has 9 heteroatoms. The number of ether oxygens (including phenoxy) is 2. The number of fused-ring (bicyclic) bond motifs is 1. The largest absolute Gasteiger partial charge is 0.461 e. The normalized spacial score (nSPS) is 12.8. The van der Waals surface area contributed by atoms with Crippen LogP contribution in [0.4, 0.5) is 0 Å². The first-order valence-corrected chi connectivity index (χ1v) is 16.8. The topological polar surface area (TPSA) is 111 Å². The molecule has 252 valence electrons. The van der Waals surface area contributed by atoms with Gasteiger partial charge in [-0.05, 0) is 99.9 Å². The highest BCUT2D eigenvalue weighted by molar-refractivity contribution is 6.07. The zero-order valence-corrected chi connectivity index (χ0v) is 28.5. The number of aliphatic hydroxyl groups is 1. The van der Waals surface area contributed by atoms with Crippen LogP contribution in [-0.4, -0.2) is 63.0 Å². The minimum absolute atomic E-state index is 0.0404. The van der Waals surface area contributed by atoms with E-state index in [0.29, 0.717) is 49.0 Å². The molecule has 1 N–H and O–H groups in total. The molecule has 48 heavy (non-hydrogen) atoms. The molecule has 1 amide bonds. The van der Waals surface area contributed by atoms with E-state index in [4.69, 9.17) is 14.6 Å². The van der Waals surface area contributed by atoms with Gasteiger partial charge in [0.25, 0.3) is 5.91 Å². The van der Waals surface area contributed by atoms with Gasteiger partial charge in [-0.15, -0.1) is 0 Å². The van der Waals surface area contributed by atoms with Gasteiger partial charge in [-0.1, -0.05) is 55.8 Å². The molecule has 5 rings (SSSR count). The smallest absolute Gasteiger partial charge is 0.359 e. The fraction of sp³-hybridized carbons (Fsp3) is 0.385. The van der Waals surface area contributed by atoms with Crippen LogP contribution in [0.25, 0.3) is 16.8 Å². The van der Waals surface area contributed by atoms with Gasteiger partial charge in [-0.25, -0.2) is 14.3 Å². The highest BCUT2D eigenvalue weighted by Gasteiger charge is 2.32. The molecule has 1 aromatic heterocycles. The molecule has 0 bridgehead atoms. The van der Waals surface area contributed by atoms with Crippen LogP contribution >= 0.6 is 0 Å². The molecule has 9 nitrogen and oxygen atoms in total. The molecule has 0 unspecified atom stereocenters. The van der Waals surface area contributed by atoms with E-state index in [9.17, 15) is 19.5 Å². The third-order valence-corrected chi connectivity index (χ3v) is 8.37. The second-order valence-electron chi connectivity index (χ2n) is 13.1. The maximum absolute atomic E-state index is 14.6. The molecular weight excluding hydrogens is 606 g/mol. The fourth-order valence-corrected chi connectivity index (χ4v) is 6.04. The van der Waals surface area contributed by atoms with E-state index in [-0.39, 0.29) is 30.4 Å². The average Bonchev–Trinajstić information content (AvgIpc) is 3.45. The molecule has 0 fully saturated rings. The zero-order valence-electron chi connectivity index (χ0n) is 28.5. The summed E-state index contributed by atoms with van der Waals surface area (Å²) in [6.45, 7) is 10.4. The number of hydrogen-bond donors (Lipinski definition) is 1. The van der Waals surface area contributed by atoms with Crippen molar-refractivity contribution in [2.24, 2.45) is 0 Å². The molecule has 3 aromatic carbocycles. The molecule has 0 aliphatic carbocycles. The standard InChI is InChI=1S/C39H45N3O6/c1-6-8-13-33-34(35(38(46)47-7-2)40-42(33)30-17-14-26(15-18-30)21-23-43)31-19-16-28(37(45)48-39(3,4)5)24-32(31)36(44)41-22-20-27-11-9-10-12-29(27)25-41/h9-12,14-19,24,43H,6-8,13,20-23,25H2,1-5H3. The Hall–Kier alpha value is -4.76. The van der Waals surface area contributed by atoms with Crippen molar-refractivity contribution < 1.29 is 29.0 Å². The number of carbonyl (C=O) groups excluding carboxylic acids is 3. The van der Waals surface area contributed by atoms with Gasteiger partial charge < -0.3 is 19.5 Å². The highest BCUT2D eigenvalue weighted by Crippen LogP contribution is 2.36. The number of nitrogens with zero attached hydrogens (tertiary/aromatic N) is 3. The summed E-state index contributed by atoms with van der Waals surface area (Å²) in [6, 6.07) is 20.7. The van der Waals surface area contributed by atoms with Gasteiger partial charge in [0.1, 0.15) is 5.60 Å². The fourth-order valence-electron chi connectivity index (χ4n) is 6.04. The van der Waals surface area contributed by atoms with Crippen LogP contribution in [0.15, 0.2) is 66.7 Å². The Morgan fingerprint density at radius 1 is 0.917 bits per heavy atom. The van der Waals surface area contributed by atoms with Crippen LogP contribution in [0.2, 0.25) is 0 Å². The Morgan fingerprint density at radius 2 is 1.65 bits per heavy atom. The maximum Gasteiger partial charge on any atom is 0.359 e. The van der Waals surface area contributed by atoms with Gasteiger partial charge in [-0.3, -0.25) is 4.79 Å². The Balaban J connectivity index is 1.72. The van der Waals surface area contributed by atoms with Crippen LogP contribution in [0.5, 0.6) is 0 Å². The molecule has 4 aromatic rings. The van der Waals surface area contributed by atoms with E-state index < -0.39 is 17.5 Å². The molecule has 0 spiro atoms. The second-order valence-corrected chi connectivity index (χ2v) is 13.1. The number of aliphatic hydroxyl groups excluding tert-OH is 1. The summed E-state index contributed by atoms with van der Waals surface area (Å²) in [5.74, 6) is -1.38. The van der Waals surface area contributed by atoms with Gasteiger partial charge in [0.15, 0.2) is 5.69 Å². The Labute approximate surface area is 282 Å². The van der Waals surface area contributed by atoms with Crippen LogP contribution in [0.1, 0.15) is 101 Å². The lowest BCUT2D eigenvalue weighted by Crippen LogP contribution is -2.36. The maximum atomic E-state index is 14.6. The van der Waals surface area contributed by atoms with Gasteiger partial charge in [-0.2, -0.15) is 5.10 Å². The summed E-state index contributed by atoms with van der Waals surface area (Å²) in [7, 11) is 0. The Bertz CT molecular complexity index is 1780. The first-order valence-electron chi connectivity index (χ1n) is 16.8. The lowest BCUT2D eigenvalue weighted by molar-refractivity contribution is 0.00692. The predicted molar refractivity (Wildman–Crippen MR) is 184 cm³/mol. The summed E-state index contributed by atoms with van der Waals surface area (Å²) in [5.41, 5.74) is 5.69. The molecule has 0 saturated heterocycles. The van der Waals surface area contributed by atoms with E-state index in [2.05, 4.69) is 13.0 Å². The predicted octanol–water partition coefficient (Wildman–Crippen LogP) is 6.75. The summed E-state index contributed by atoms with van der Waals surface area (Å²) in [6.07, 6.45) is 3.52. The number of esters is 2. The van der Waals surface area contributed by atoms with E-state index in [1.807, 2.05) is 42.5 Å². The third-order valence-electron chi connectivity index (χ3n) is 8.37. The average molecular weight is 652 g/mol. The van der Waals surface area contributed by atoms with Gasteiger partial charge in [0, 0.05) is 30.8 Å². The van der Waals surface area contributed by atoms with E-state index in [0.717, 1.165) is 35.3 Å². The number of benzene rings is 3. The number of unbranched alkanes of at least 4 members (excludes halogenated alkanes) is 1. The molecule has 0 atom stereocenters. The zero-order chi connectivity index (χ0) is 34.4. The summed E-state index contributed by atoms with van der Waals surface area (Å²) >= 11 is 0. The number of aromatic nitrogens is 2. The number of rotatable bonds is 11. The van der Waals surface area contributed by atoms with E-state index >= 15 is 0 Å². The van der Waals surface area contributed by atoms with Gasteiger partial charge in [0.2, 0.25) is 0 Å². The van der Waals surface area contributed by atoms with Crippen molar-refractivity contribution in [1.29, 1.82) is 0 Å². The van der Waals surface area contributed by atoms with Crippen molar-refractivity contribution in [2.75, 3.05) is 19.8 Å². The lowest BCUT2D eigenvalue weighted by Gasteiger charge is -2.30. The first-order chi connectivity index (χ1) is 23.0. The van der Waals surface area contributed by atoms with Crippen LogP contribution in [-0.2, 0) is 35.3 Å². The number of carbonyl (C=O) groups is 3. The van der Waals surface area contributed by atoms with Crippen LogP contribution in [0.3, 0.4) is 0 Å². The molecular formula is C39H45N3O6. The van der Waals surface area contributed by atoms with Crippen LogP contribution in [0, 0.1) is 0 Å². The number of hydrogen-bond acceptors (Lipinski definition) is 7. The summed E-state index contributed by atoms with van der Waals surface area (Å²) in [4.78, 5) is 43.3. The molecule has 2 heterocycles. The minimum atomic E-state index is -0.727. The van der Waals surface area contributed by atoms with Crippen molar-refractivity contribution in [3.05, 3.63) is 106 Å². The second kappa shape index (κ2) is 15.0. The van der Waals surface area contributed by atoms with Crippen molar-refractivity contribution in [1.82, 2.24) is 14.7 Å².